The zero-order valence-corrected chi connectivity index (χ0v) is 10.4. The molecule has 0 aliphatic heterocycles. The quantitative estimate of drug-likeness (QED) is 0.433. The molecule has 1 aromatic carbocycles. The summed E-state index contributed by atoms with van der Waals surface area (Å²) in [6.07, 6.45) is 3.24. The molecule has 1 aromatic rings. The molecule has 0 fully saturated rings. The average Bonchev–Trinajstić information content (AvgIpc) is 2.35. The second-order valence-electron chi connectivity index (χ2n) is 3.81. The lowest BCUT2D eigenvalue weighted by atomic mass is 10.2. The van der Waals surface area contributed by atoms with Gasteiger partial charge in [0.25, 0.3) is 0 Å². The third-order valence-electron chi connectivity index (χ3n) is 2.33. The van der Waals surface area contributed by atoms with Crippen molar-refractivity contribution in [3.8, 4) is 0 Å². The lowest BCUT2D eigenvalue weighted by Crippen LogP contribution is -2.22. The third kappa shape index (κ3) is 6.58. The molecule has 0 aliphatic rings. The van der Waals surface area contributed by atoms with Gasteiger partial charge in [0.15, 0.2) is 5.96 Å². The lowest BCUT2D eigenvalue weighted by molar-refractivity contribution is 0.192. The Bertz CT molecular complexity index is 325. The van der Waals surface area contributed by atoms with Crippen molar-refractivity contribution in [3.05, 3.63) is 30.3 Å². The minimum atomic E-state index is 0.475. The molecule has 94 valence electrons. The van der Waals surface area contributed by atoms with E-state index in [2.05, 4.69) is 10.3 Å². The minimum absolute atomic E-state index is 0.475. The van der Waals surface area contributed by atoms with Crippen molar-refractivity contribution in [2.75, 3.05) is 25.6 Å². The van der Waals surface area contributed by atoms with E-state index in [-0.39, 0.29) is 0 Å². The molecule has 0 heterocycles. The molecular weight excluding hydrogens is 214 g/mol. The van der Waals surface area contributed by atoms with Crippen molar-refractivity contribution in [3.63, 3.8) is 0 Å². The first-order chi connectivity index (χ1) is 8.33. The standard InChI is InChI=1S/C13H21N3O/c1-17-11-7-3-6-10-15-13(14)16-12-8-4-2-5-9-12/h2,4-5,8-9H,3,6-7,10-11H2,1H3,(H3,14,15,16). The smallest absolute Gasteiger partial charge is 0.193 e. The Labute approximate surface area is 103 Å². The van der Waals surface area contributed by atoms with Crippen LogP contribution in [0.1, 0.15) is 19.3 Å². The van der Waals surface area contributed by atoms with Gasteiger partial charge in [-0.25, -0.2) is 0 Å². The van der Waals surface area contributed by atoms with E-state index >= 15 is 0 Å². The van der Waals surface area contributed by atoms with Crippen LogP contribution in [0.5, 0.6) is 0 Å². The van der Waals surface area contributed by atoms with E-state index in [0.29, 0.717) is 5.96 Å². The number of para-hydroxylation sites is 1. The molecular formula is C13H21N3O. The van der Waals surface area contributed by atoms with Gasteiger partial charge in [-0.1, -0.05) is 18.2 Å². The summed E-state index contributed by atoms with van der Waals surface area (Å²) in [4.78, 5) is 4.26. The van der Waals surface area contributed by atoms with Crippen molar-refractivity contribution >= 4 is 11.6 Å². The number of nitrogens with two attached hydrogens (primary N) is 1. The number of hydrogen-bond acceptors (Lipinski definition) is 2. The van der Waals surface area contributed by atoms with E-state index in [0.717, 1.165) is 38.1 Å². The van der Waals surface area contributed by atoms with Crippen LogP contribution in [0.15, 0.2) is 35.3 Å². The molecule has 0 amide bonds. The van der Waals surface area contributed by atoms with Crippen LogP contribution in [0.3, 0.4) is 0 Å². The molecule has 4 nitrogen and oxygen atoms in total. The second-order valence-corrected chi connectivity index (χ2v) is 3.81. The van der Waals surface area contributed by atoms with Crippen molar-refractivity contribution in [2.45, 2.75) is 19.3 Å². The van der Waals surface area contributed by atoms with E-state index in [1.165, 1.54) is 0 Å². The number of nitrogens with zero attached hydrogens (tertiary/aromatic N) is 1. The Morgan fingerprint density at radius 1 is 1.24 bits per heavy atom. The van der Waals surface area contributed by atoms with Crippen molar-refractivity contribution in [2.24, 2.45) is 10.7 Å². The molecule has 17 heavy (non-hydrogen) atoms. The molecule has 4 heteroatoms. The number of methoxy groups -OCH3 is 1. The van der Waals surface area contributed by atoms with Gasteiger partial charge in [0.05, 0.1) is 0 Å². The molecule has 0 radical (unpaired) electrons. The molecule has 0 spiro atoms. The summed E-state index contributed by atoms with van der Waals surface area (Å²) in [5.74, 6) is 0.475. The monoisotopic (exact) mass is 235 g/mol. The highest BCUT2D eigenvalue weighted by molar-refractivity contribution is 5.92. The molecule has 3 N–H and O–H groups in total. The first kappa shape index (κ1) is 13.5. The van der Waals surface area contributed by atoms with E-state index in [9.17, 15) is 0 Å². The van der Waals surface area contributed by atoms with Gasteiger partial charge in [-0.15, -0.1) is 0 Å². The van der Waals surface area contributed by atoms with Gasteiger partial charge in [-0.2, -0.15) is 0 Å². The number of nitrogens with one attached hydrogen (secondary N) is 1. The average molecular weight is 235 g/mol. The molecule has 1 rings (SSSR count). The second kappa shape index (κ2) is 8.58. The molecule has 0 saturated carbocycles. The van der Waals surface area contributed by atoms with E-state index < -0.39 is 0 Å². The number of aliphatic imine (C=N–C) groups is 1. The molecule has 0 aliphatic carbocycles. The summed E-state index contributed by atoms with van der Waals surface area (Å²) in [6.45, 7) is 1.58. The summed E-state index contributed by atoms with van der Waals surface area (Å²) in [6, 6.07) is 9.80. The van der Waals surface area contributed by atoms with Crippen LogP contribution < -0.4 is 11.1 Å². The number of guanidine groups is 1. The fraction of sp³-hybridized carbons (Fsp3) is 0.462. The summed E-state index contributed by atoms with van der Waals surface area (Å²) >= 11 is 0. The SMILES string of the molecule is COCCCCCN=C(N)Nc1ccccc1. The number of rotatable bonds is 7. The largest absolute Gasteiger partial charge is 0.385 e. The highest BCUT2D eigenvalue weighted by Crippen LogP contribution is 2.04. The van der Waals surface area contributed by atoms with Crippen molar-refractivity contribution < 1.29 is 4.74 Å². The molecule has 0 saturated heterocycles. The maximum atomic E-state index is 5.76. The number of hydrogen-bond donors (Lipinski definition) is 2. The fourth-order valence-electron chi connectivity index (χ4n) is 1.44. The Morgan fingerprint density at radius 2 is 2.00 bits per heavy atom. The van der Waals surface area contributed by atoms with Gasteiger partial charge in [0.1, 0.15) is 0 Å². The predicted molar refractivity (Wildman–Crippen MR) is 72.3 cm³/mol. The van der Waals surface area contributed by atoms with Crippen molar-refractivity contribution in [1.29, 1.82) is 0 Å². The summed E-state index contributed by atoms with van der Waals surface area (Å²) < 4.78 is 4.98. The van der Waals surface area contributed by atoms with Gasteiger partial charge in [-0.3, -0.25) is 4.99 Å². The van der Waals surface area contributed by atoms with E-state index in [4.69, 9.17) is 10.5 Å². The van der Waals surface area contributed by atoms with Crippen LogP contribution >= 0.6 is 0 Å². The molecule has 0 atom stereocenters. The molecule has 0 unspecified atom stereocenters. The third-order valence-corrected chi connectivity index (χ3v) is 2.33. The van der Waals surface area contributed by atoms with Crippen LogP contribution in [0.4, 0.5) is 5.69 Å². The number of unbranched alkanes of at least 4 members (excludes halogenated alkanes) is 2. The van der Waals surface area contributed by atoms with E-state index in [1.54, 1.807) is 7.11 Å². The number of benzene rings is 1. The highest BCUT2D eigenvalue weighted by Gasteiger charge is 1.93. The van der Waals surface area contributed by atoms with Gasteiger partial charge in [-0.05, 0) is 31.4 Å². The topological polar surface area (TPSA) is 59.6 Å². The predicted octanol–water partition coefficient (Wildman–Crippen LogP) is 2.23. The maximum Gasteiger partial charge on any atom is 0.193 e. The van der Waals surface area contributed by atoms with Crippen LogP contribution in [0.2, 0.25) is 0 Å². The van der Waals surface area contributed by atoms with Gasteiger partial charge >= 0.3 is 0 Å². The zero-order valence-electron chi connectivity index (χ0n) is 10.4. The number of anilines is 1. The normalized spacial score (nSPS) is 11.5. The Kier molecular flexibility index (Phi) is 6.82. The summed E-state index contributed by atoms with van der Waals surface area (Å²) in [7, 11) is 1.72. The van der Waals surface area contributed by atoms with Crippen LogP contribution in [-0.2, 0) is 4.74 Å². The summed E-state index contributed by atoms with van der Waals surface area (Å²) in [5, 5.41) is 3.05. The van der Waals surface area contributed by atoms with E-state index in [1.807, 2.05) is 30.3 Å². The number of ether oxygens (including phenoxy) is 1. The van der Waals surface area contributed by atoms with Crippen molar-refractivity contribution in [1.82, 2.24) is 0 Å². The Hall–Kier alpha value is -1.55. The lowest BCUT2D eigenvalue weighted by Gasteiger charge is -2.04. The van der Waals surface area contributed by atoms with Crippen LogP contribution in [0.25, 0.3) is 0 Å². The van der Waals surface area contributed by atoms with Gasteiger partial charge in [0, 0.05) is 25.9 Å². The molecule has 0 bridgehead atoms. The highest BCUT2D eigenvalue weighted by atomic mass is 16.5. The van der Waals surface area contributed by atoms with Gasteiger partial charge in [0.2, 0.25) is 0 Å². The van der Waals surface area contributed by atoms with Crippen LogP contribution in [-0.4, -0.2) is 26.2 Å². The molecule has 0 aromatic heterocycles. The minimum Gasteiger partial charge on any atom is -0.385 e. The Balaban J connectivity index is 2.17. The summed E-state index contributed by atoms with van der Waals surface area (Å²) in [5.41, 5.74) is 6.73. The van der Waals surface area contributed by atoms with Gasteiger partial charge < -0.3 is 15.8 Å². The first-order valence-corrected chi connectivity index (χ1v) is 5.94. The zero-order chi connectivity index (χ0) is 12.3. The fourth-order valence-corrected chi connectivity index (χ4v) is 1.44. The Morgan fingerprint density at radius 3 is 2.71 bits per heavy atom. The first-order valence-electron chi connectivity index (χ1n) is 5.94. The maximum absolute atomic E-state index is 5.76. The van der Waals surface area contributed by atoms with Crippen LogP contribution in [0, 0.1) is 0 Å².